The minimum Gasteiger partial charge on any atom is -0.484 e. The highest BCUT2D eigenvalue weighted by molar-refractivity contribution is 6.09. The molecular weight excluding hydrogens is 254 g/mol. The molecule has 0 aliphatic heterocycles. The number of ketones is 1. The zero-order valence-electron chi connectivity index (χ0n) is 11.1. The average molecular weight is 269 g/mol. The minimum atomic E-state index is -0.537. The molecular formula is C16H15NO3. The summed E-state index contributed by atoms with van der Waals surface area (Å²) in [5, 5.41) is 0. The van der Waals surface area contributed by atoms with Gasteiger partial charge in [-0.15, -0.1) is 0 Å². The second-order valence-corrected chi connectivity index (χ2v) is 4.42. The molecule has 4 heteroatoms. The lowest BCUT2D eigenvalue weighted by atomic mass is 9.99. The molecule has 20 heavy (non-hydrogen) atoms. The van der Waals surface area contributed by atoms with Gasteiger partial charge in [-0.05, 0) is 36.8 Å². The van der Waals surface area contributed by atoms with Gasteiger partial charge >= 0.3 is 0 Å². The zero-order chi connectivity index (χ0) is 14.5. The van der Waals surface area contributed by atoms with Gasteiger partial charge in [0.2, 0.25) is 0 Å². The van der Waals surface area contributed by atoms with Crippen LogP contribution in [0.2, 0.25) is 0 Å². The Morgan fingerprint density at radius 2 is 1.70 bits per heavy atom. The van der Waals surface area contributed by atoms with Crippen molar-refractivity contribution >= 4 is 11.7 Å². The number of amides is 1. The van der Waals surface area contributed by atoms with E-state index in [1.807, 2.05) is 25.1 Å². The molecule has 0 spiro atoms. The van der Waals surface area contributed by atoms with Crippen molar-refractivity contribution in [2.24, 2.45) is 5.73 Å². The highest BCUT2D eigenvalue weighted by Gasteiger charge is 2.11. The Labute approximate surface area is 117 Å². The summed E-state index contributed by atoms with van der Waals surface area (Å²) in [4.78, 5) is 22.9. The summed E-state index contributed by atoms with van der Waals surface area (Å²) >= 11 is 0. The first-order chi connectivity index (χ1) is 9.58. The molecule has 2 aromatic rings. The molecule has 1 amide bonds. The Morgan fingerprint density at radius 1 is 1.05 bits per heavy atom. The summed E-state index contributed by atoms with van der Waals surface area (Å²) in [6, 6.07) is 14.1. The molecule has 0 heterocycles. The summed E-state index contributed by atoms with van der Waals surface area (Å²) in [5.41, 5.74) is 7.18. The number of carbonyl (C=O) groups excluding carboxylic acids is 2. The molecule has 4 nitrogen and oxygen atoms in total. The fourth-order valence-corrected chi connectivity index (χ4v) is 1.84. The van der Waals surface area contributed by atoms with E-state index in [-0.39, 0.29) is 12.4 Å². The third-order valence-corrected chi connectivity index (χ3v) is 2.89. The number of nitrogens with two attached hydrogens (primary N) is 1. The predicted molar refractivity (Wildman–Crippen MR) is 75.7 cm³/mol. The van der Waals surface area contributed by atoms with Crippen molar-refractivity contribution in [2.75, 3.05) is 6.61 Å². The number of primary amides is 1. The Bertz CT molecular complexity index is 632. The van der Waals surface area contributed by atoms with Gasteiger partial charge in [0.1, 0.15) is 5.75 Å². The van der Waals surface area contributed by atoms with E-state index < -0.39 is 5.91 Å². The van der Waals surface area contributed by atoms with Crippen molar-refractivity contribution in [3.05, 3.63) is 65.2 Å². The van der Waals surface area contributed by atoms with Crippen molar-refractivity contribution in [1.82, 2.24) is 0 Å². The van der Waals surface area contributed by atoms with Crippen LogP contribution in [-0.4, -0.2) is 18.3 Å². The molecule has 102 valence electrons. The summed E-state index contributed by atoms with van der Waals surface area (Å²) in [6.07, 6.45) is 0. The van der Waals surface area contributed by atoms with Gasteiger partial charge in [-0.2, -0.15) is 0 Å². The topological polar surface area (TPSA) is 69.4 Å². The second kappa shape index (κ2) is 6.02. The number of hydrogen-bond donors (Lipinski definition) is 1. The van der Waals surface area contributed by atoms with Gasteiger partial charge < -0.3 is 10.5 Å². The molecule has 0 aliphatic rings. The van der Waals surface area contributed by atoms with Crippen LogP contribution in [0.3, 0.4) is 0 Å². The first kappa shape index (κ1) is 13.8. The maximum atomic E-state index is 12.3. The SMILES string of the molecule is Cc1ccccc1C(=O)c1ccc(OCC(N)=O)cc1. The third-order valence-electron chi connectivity index (χ3n) is 2.89. The molecule has 0 aromatic heterocycles. The quantitative estimate of drug-likeness (QED) is 0.845. The molecule has 2 aromatic carbocycles. The fourth-order valence-electron chi connectivity index (χ4n) is 1.84. The Hall–Kier alpha value is -2.62. The van der Waals surface area contributed by atoms with Crippen LogP contribution in [0.25, 0.3) is 0 Å². The Kier molecular flexibility index (Phi) is 4.15. The summed E-state index contributed by atoms with van der Waals surface area (Å²) < 4.78 is 5.15. The molecule has 0 unspecified atom stereocenters. The van der Waals surface area contributed by atoms with Gasteiger partial charge in [0.05, 0.1) is 0 Å². The van der Waals surface area contributed by atoms with E-state index in [1.54, 1.807) is 30.3 Å². The van der Waals surface area contributed by atoms with E-state index >= 15 is 0 Å². The first-order valence-corrected chi connectivity index (χ1v) is 6.19. The average Bonchev–Trinajstić information content (AvgIpc) is 2.45. The zero-order valence-corrected chi connectivity index (χ0v) is 11.1. The minimum absolute atomic E-state index is 0.0375. The van der Waals surface area contributed by atoms with Crippen molar-refractivity contribution in [3.8, 4) is 5.75 Å². The number of benzene rings is 2. The molecule has 0 fully saturated rings. The molecule has 0 saturated heterocycles. The third kappa shape index (κ3) is 3.23. The maximum absolute atomic E-state index is 12.3. The van der Waals surface area contributed by atoms with Crippen LogP contribution in [0.5, 0.6) is 5.75 Å². The van der Waals surface area contributed by atoms with E-state index in [0.29, 0.717) is 16.9 Å². The van der Waals surface area contributed by atoms with E-state index in [9.17, 15) is 9.59 Å². The van der Waals surface area contributed by atoms with E-state index in [2.05, 4.69) is 0 Å². The van der Waals surface area contributed by atoms with Gasteiger partial charge in [0, 0.05) is 11.1 Å². The fraction of sp³-hybridized carbons (Fsp3) is 0.125. The summed E-state index contributed by atoms with van der Waals surface area (Å²) in [7, 11) is 0. The number of ether oxygens (including phenoxy) is 1. The van der Waals surface area contributed by atoms with Crippen LogP contribution in [0.15, 0.2) is 48.5 Å². The van der Waals surface area contributed by atoms with Crippen molar-refractivity contribution in [2.45, 2.75) is 6.92 Å². The van der Waals surface area contributed by atoms with Gasteiger partial charge in [0.15, 0.2) is 12.4 Å². The lowest BCUT2D eigenvalue weighted by molar-refractivity contribution is -0.119. The van der Waals surface area contributed by atoms with Crippen molar-refractivity contribution in [3.63, 3.8) is 0 Å². The van der Waals surface area contributed by atoms with Crippen LogP contribution in [0.4, 0.5) is 0 Å². The van der Waals surface area contributed by atoms with Crippen molar-refractivity contribution in [1.29, 1.82) is 0 Å². The van der Waals surface area contributed by atoms with Gasteiger partial charge in [-0.25, -0.2) is 0 Å². The Morgan fingerprint density at radius 3 is 2.30 bits per heavy atom. The molecule has 0 aliphatic carbocycles. The van der Waals surface area contributed by atoms with Crippen LogP contribution in [0, 0.1) is 6.92 Å². The smallest absolute Gasteiger partial charge is 0.255 e. The lowest BCUT2D eigenvalue weighted by Gasteiger charge is -2.06. The van der Waals surface area contributed by atoms with Crippen LogP contribution < -0.4 is 10.5 Å². The summed E-state index contributed by atoms with van der Waals surface area (Å²) in [6.45, 7) is 1.72. The summed E-state index contributed by atoms with van der Waals surface area (Å²) in [5.74, 6) is -0.0697. The largest absolute Gasteiger partial charge is 0.484 e. The number of carbonyl (C=O) groups is 2. The molecule has 2 rings (SSSR count). The molecule has 0 saturated carbocycles. The van der Waals surface area contributed by atoms with E-state index in [0.717, 1.165) is 5.56 Å². The van der Waals surface area contributed by atoms with Gasteiger partial charge in [0.25, 0.3) is 5.91 Å². The van der Waals surface area contributed by atoms with Crippen LogP contribution >= 0.6 is 0 Å². The number of hydrogen-bond acceptors (Lipinski definition) is 3. The van der Waals surface area contributed by atoms with E-state index in [4.69, 9.17) is 10.5 Å². The lowest BCUT2D eigenvalue weighted by Crippen LogP contribution is -2.20. The van der Waals surface area contributed by atoms with Crippen LogP contribution in [-0.2, 0) is 4.79 Å². The normalized spacial score (nSPS) is 10.1. The molecule has 2 N–H and O–H groups in total. The monoisotopic (exact) mass is 269 g/mol. The van der Waals surface area contributed by atoms with E-state index in [1.165, 1.54) is 0 Å². The number of rotatable bonds is 5. The highest BCUT2D eigenvalue weighted by atomic mass is 16.5. The predicted octanol–water partition coefficient (Wildman–Crippen LogP) is 2.09. The number of aryl methyl sites for hydroxylation is 1. The standard InChI is InChI=1S/C16H15NO3/c1-11-4-2-3-5-14(11)16(19)12-6-8-13(9-7-12)20-10-15(17)18/h2-9H,10H2,1H3,(H2,17,18). The maximum Gasteiger partial charge on any atom is 0.255 e. The molecule has 0 bridgehead atoms. The Balaban J connectivity index is 2.16. The first-order valence-electron chi connectivity index (χ1n) is 6.19. The second-order valence-electron chi connectivity index (χ2n) is 4.42. The molecule has 0 radical (unpaired) electrons. The highest BCUT2D eigenvalue weighted by Crippen LogP contribution is 2.17. The van der Waals surface area contributed by atoms with Crippen molar-refractivity contribution < 1.29 is 14.3 Å². The van der Waals surface area contributed by atoms with Gasteiger partial charge in [-0.3, -0.25) is 9.59 Å². The van der Waals surface area contributed by atoms with Gasteiger partial charge in [-0.1, -0.05) is 24.3 Å². The van der Waals surface area contributed by atoms with Crippen LogP contribution in [0.1, 0.15) is 21.5 Å². The molecule has 0 atom stereocenters.